The maximum absolute atomic E-state index is 13.0. The van der Waals surface area contributed by atoms with E-state index < -0.39 is 24.2 Å². The molecule has 15 heavy (non-hydrogen) atoms. The van der Waals surface area contributed by atoms with E-state index in [2.05, 4.69) is 0 Å². The SMILES string of the molecule is Cc1ccc(C2CC(F)(F)C2(F)F)cc1. The average Bonchev–Trinajstić information content (AvgIpc) is 2.16. The highest BCUT2D eigenvalue weighted by atomic mass is 19.3. The lowest BCUT2D eigenvalue weighted by Gasteiger charge is -2.44. The van der Waals surface area contributed by atoms with Gasteiger partial charge in [0.2, 0.25) is 0 Å². The van der Waals surface area contributed by atoms with Gasteiger partial charge in [-0.1, -0.05) is 29.8 Å². The van der Waals surface area contributed by atoms with Crippen molar-refractivity contribution in [3.63, 3.8) is 0 Å². The van der Waals surface area contributed by atoms with E-state index in [-0.39, 0.29) is 5.56 Å². The molecule has 1 saturated carbocycles. The summed E-state index contributed by atoms with van der Waals surface area (Å²) in [6.45, 7) is 1.82. The molecule has 0 bridgehead atoms. The van der Waals surface area contributed by atoms with Crippen LogP contribution in [-0.2, 0) is 0 Å². The Morgan fingerprint density at radius 2 is 1.60 bits per heavy atom. The molecule has 4 heteroatoms. The van der Waals surface area contributed by atoms with E-state index in [0.29, 0.717) is 0 Å². The molecule has 0 N–H and O–H groups in total. The zero-order valence-corrected chi connectivity index (χ0v) is 8.11. The summed E-state index contributed by atoms with van der Waals surface area (Å²) >= 11 is 0. The summed E-state index contributed by atoms with van der Waals surface area (Å²) in [6.07, 6.45) is -0.761. The van der Waals surface area contributed by atoms with Crippen LogP contribution in [0.2, 0.25) is 0 Å². The van der Waals surface area contributed by atoms with Gasteiger partial charge in [-0.15, -0.1) is 0 Å². The normalized spacial score (nSPS) is 27.1. The molecule has 1 fully saturated rings. The van der Waals surface area contributed by atoms with Gasteiger partial charge in [0, 0.05) is 6.42 Å². The molecule has 1 atom stereocenters. The van der Waals surface area contributed by atoms with Gasteiger partial charge in [-0.3, -0.25) is 0 Å². The van der Waals surface area contributed by atoms with Crippen LogP contribution in [0.3, 0.4) is 0 Å². The zero-order chi connectivity index (χ0) is 11.3. The van der Waals surface area contributed by atoms with Crippen molar-refractivity contribution >= 4 is 0 Å². The van der Waals surface area contributed by atoms with Gasteiger partial charge in [-0.25, -0.2) is 0 Å². The Labute approximate surface area is 84.9 Å². The molecule has 1 unspecified atom stereocenters. The second kappa shape index (κ2) is 2.97. The van der Waals surface area contributed by atoms with Gasteiger partial charge in [0.25, 0.3) is 0 Å². The summed E-state index contributed by atoms with van der Waals surface area (Å²) in [5.74, 6) is -9.08. The molecule has 0 heterocycles. The third-order valence-electron chi connectivity index (χ3n) is 2.87. The first-order valence-electron chi connectivity index (χ1n) is 4.67. The number of rotatable bonds is 1. The standard InChI is InChI=1S/C11H10F4/c1-7-2-4-8(5-3-7)9-6-10(12,13)11(9,14)15/h2-5,9H,6H2,1H3. The predicted molar refractivity (Wildman–Crippen MR) is 48.4 cm³/mol. The van der Waals surface area contributed by atoms with Crippen molar-refractivity contribution in [3.8, 4) is 0 Å². The van der Waals surface area contributed by atoms with E-state index in [4.69, 9.17) is 0 Å². The third kappa shape index (κ3) is 1.43. The fourth-order valence-corrected chi connectivity index (χ4v) is 1.77. The van der Waals surface area contributed by atoms with Crippen LogP contribution in [0.15, 0.2) is 24.3 Å². The van der Waals surface area contributed by atoms with Crippen LogP contribution in [-0.4, -0.2) is 11.8 Å². The Bertz CT molecular complexity index is 367. The first kappa shape index (κ1) is 10.5. The fourth-order valence-electron chi connectivity index (χ4n) is 1.77. The Balaban J connectivity index is 2.25. The quantitative estimate of drug-likeness (QED) is 0.629. The van der Waals surface area contributed by atoms with Gasteiger partial charge >= 0.3 is 11.8 Å². The summed E-state index contributed by atoms with van der Waals surface area (Å²) < 4.78 is 51.2. The van der Waals surface area contributed by atoms with Crippen LogP contribution in [0.4, 0.5) is 17.6 Å². The van der Waals surface area contributed by atoms with Crippen LogP contribution < -0.4 is 0 Å². The van der Waals surface area contributed by atoms with Crippen LogP contribution in [0.1, 0.15) is 23.5 Å². The van der Waals surface area contributed by atoms with Crippen molar-refractivity contribution in [2.75, 3.05) is 0 Å². The van der Waals surface area contributed by atoms with Crippen LogP contribution in [0.25, 0.3) is 0 Å². The van der Waals surface area contributed by atoms with Gasteiger partial charge < -0.3 is 0 Å². The second-order valence-corrected chi connectivity index (χ2v) is 3.99. The Kier molecular flexibility index (Phi) is 2.07. The minimum Gasteiger partial charge on any atom is -0.200 e. The first-order valence-corrected chi connectivity index (χ1v) is 4.67. The summed E-state index contributed by atoms with van der Waals surface area (Å²) in [7, 11) is 0. The molecular weight excluding hydrogens is 208 g/mol. The van der Waals surface area contributed by atoms with Crippen molar-refractivity contribution in [2.24, 2.45) is 0 Å². The monoisotopic (exact) mass is 218 g/mol. The lowest BCUT2D eigenvalue weighted by molar-refractivity contribution is -0.290. The molecule has 82 valence electrons. The van der Waals surface area contributed by atoms with Crippen molar-refractivity contribution in [2.45, 2.75) is 31.1 Å². The number of hydrogen-bond donors (Lipinski definition) is 0. The molecule has 0 aliphatic heterocycles. The average molecular weight is 218 g/mol. The summed E-state index contributed by atoms with van der Waals surface area (Å²) in [6, 6.07) is 6.29. The predicted octanol–water partition coefficient (Wildman–Crippen LogP) is 3.75. The van der Waals surface area contributed by atoms with E-state index in [0.717, 1.165) is 5.56 Å². The molecule has 1 aliphatic rings. The minimum absolute atomic E-state index is 0.288. The van der Waals surface area contributed by atoms with Gasteiger partial charge in [0.05, 0.1) is 5.92 Å². The number of hydrogen-bond acceptors (Lipinski definition) is 0. The topological polar surface area (TPSA) is 0 Å². The maximum atomic E-state index is 13.0. The smallest absolute Gasteiger partial charge is 0.200 e. The highest BCUT2D eigenvalue weighted by molar-refractivity contribution is 5.31. The summed E-state index contributed by atoms with van der Waals surface area (Å²) in [5.41, 5.74) is 1.21. The highest BCUT2D eigenvalue weighted by Gasteiger charge is 2.71. The molecule has 1 aliphatic carbocycles. The molecular formula is C11H10F4. The van der Waals surface area contributed by atoms with Crippen LogP contribution in [0.5, 0.6) is 0 Å². The molecule has 1 aromatic carbocycles. The van der Waals surface area contributed by atoms with Crippen molar-refractivity contribution in [3.05, 3.63) is 35.4 Å². The van der Waals surface area contributed by atoms with Gasteiger partial charge in [0.1, 0.15) is 0 Å². The van der Waals surface area contributed by atoms with E-state index in [9.17, 15) is 17.6 Å². The Morgan fingerprint density at radius 3 is 2.00 bits per heavy atom. The zero-order valence-electron chi connectivity index (χ0n) is 8.11. The summed E-state index contributed by atoms with van der Waals surface area (Å²) in [5, 5.41) is 0. The fraction of sp³-hybridized carbons (Fsp3) is 0.455. The van der Waals surface area contributed by atoms with Gasteiger partial charge in [0.15, 0.2) is 0 Å². The number of aryl methyl sites for hydroxylation is 1. The molecule has 2 rings (SSSR count). The highest BCUT2D eigenvalue weighted by Crippen LogP contribution is 2.59. The van der Waals surface area contributed by atoms with Crippen LogP contribution in [0, 0.1) is 6.92 Å². The number of halogens is 4. The Hall–Kier alpha value is -1.06. The summed E-state index contributed by atoms with van der Waals surface area (Å²) in [4.78, 5) is 0. The molecule has 0 saturated heterocycles. The third-order valence-corrected chi connectivity index (χ3v) is 2.87. The largest absolute Gasteiger partial charge is 0.317 e. The second-order valence-electron chi connectivity index (χ2n) is 3.99. The molecule has 0 aromatic heterocycles. The molecule has 0 amide bonds. The Morgan fingerprint density at radius 1 is 1.07 bits per heavy atom. The van der Waals surface area contributed by atoms with Crippen LogP contribution >= 0.6 is 0 Å². The lowest BCUT2D eigenvalue weighted by Crippen LogP contribution is -2.56. The van der Waals surface area contributed by atoms with E-state index in [1.165, 1.54) is 12.1 Å². The van der Waals surface area contributed by atoms with E-state index in [1.807, 2.05) is 6.92 Å². The molecule has 0 spiro atoms. The molecule has 1 aromatic rings. The minimum atomic E-state index is -3.90. The van der Waals surface area contributed by atoms with Gasteiger partial charge in [-0.2, -0.15) is 17.6 Å². The molecule has 0 radical (unpaired) electrons. The molecule has 0 nitrogen and oxygen atoms in total. The van der Waals surface area contributed by atoms with Gasteiger partial charge in [-0.05, 0) is 12.5 Å². The maximum Gasteiger partial charge on any atom is 0.317 e. The van der Waals surface area contributed by atoms with E-state index in [1.54, 1.807) is 12.1 Å². The van der Waals surface area contributed by atoms with Crippen molar-refractivity contribution in [1.82, 2.24) is 0 Å². The first-order chi connectivity index (χ1) is 6.84. The lowest BCUT2D eigenvalue weighted by atomic mass is 9.72. The number of benzene rings is 1. The van der Waals surface area contributed by atoms with Crippen molar-refractivity contribution < 1.29 is 17.6 Å². The van der Waals surface area contributed by atoms with Crippen molar-refractivity contribution in [1.29, 1.82) is 0 Å². The van der Waals surface area contributed by atoms with E-state index >= 15 is 0 Å². The number of alkyl halides is 4.